The molecule has 0 saturated carbocycles. The monoisotopic (exact) mass is 506 g/mol. The van der Waals surface area contributed by atoms with E-state index in [1.807, 2.05) is 0 Å². The SMILES string of the molecule is Cc1cc(C)cc(-c2c(P(Cl)c3[nH]c4ccccc4c3-c3cc(C)cc(C)c3)[nH]c3ccccc23)c1. The third kappa shape index (κ3) is 3.95. The van der Waals surface area contributed by atoms with Crippen molar-refractivity contribution in [3.8, 4) is 22.3 Å². The van der Waals surface area contributed by atoms with Gasteiger partial charge < -0.3 is 9.97 Å². The molecule has 0 atom stereocenters. The third-order valence-electron chi connectivity index (χ3n) is 6.79. The van der Waals surface area contributed by atoms with E-state index in [2.05, 4.69) is 123 Å². The molecule has 2 nitrogen and oxygen atoms in total. The van der Waals surface area contributed by atoms with Crippen LogP contribution in [0.5, 0.6) is 0 Å². The molecular weight excluding hydrogens is 479 g/mol. The summed E-state index contributed by atoms with van der Waals surface area (Å²) in [5, 5.41) is 2.41. The molecule has 2 aromatic heterocycles. The fraction of sp³-hybridized carbons (Fsp3) is 0.125. The van der Waals surface area contributed by atoms with E-state index in [-0.39, 0.29) is 0 Å². The standard InChI is InChI=1S/C32H28ClN2P/c1-19-13-20(2)16-23(15-19)29-25-9-5-7-11-27(25)34-31(29)36(33)32-30(24-17-21(3)14-22(4)18-24)26-10-6-8-12-28(26)35-32/h5-18,34-35H,1-4H3. The molecule has 4 heteroatoms. The number of aromatic nitrogens is 2. The molecule has 0 amide bonds. The van der Waals surface area contributed by atoms with Crippen molar-refractivity contribution in [1.82, 2.24) is 9.97 Å². The van der Waals surface area contributed by atoms with Crippen LogP contribution in [0.4, 0.5) is 0 Å². The van der Waals surface area contributed by atoms with Crippen LogP contribution in [-0.4, -0.2) is 9.97 Å². The van der Waals surface area contributed by atoms with Gasteiger partial charge in [-0.1, -0.05) is 106 Å². The summed E-state index contributed by atoms with van der Waals surface area (Å²) in [5.41, 5.74) is 14.2. The highest BCUT2D eigenvalue weighted by atomic mass is 35.7. The Morgan fingerprint density at radius 2 is 0.889 bits per heavy atom. The highest BCUT2D eigenvalue weighted by Gasteiger charge is 2.27. The van der Waals surface area contributed by atoms with Crippen LogP contribution in [0.3, 0.4) is 0 Å². The van der Waals surface area contributed by atoms with Gasteiger partial charge in [0, 0.05) is 32.9 Å². The van der Waals surface area contributed by atoms with Crippen LogP contribution in [0.1, 0.15) is 22.3 Å². The van der Waals surface area contributed by atoms with Crippen molar-refractivity contribution in [2.75, 3.05) is 0 Å². The van der Waals surface area contributed by atoms with Crippen molar-refractivity contribution in [2.45, 2.75) is 27.7 Å². The van der Waals surface area contributed by atoms with E-state index in [0.29, 0.717) is 0 Å². The summed E-state index contributed by atoms with van der Waals surface area (Å²) < 4.78 is 0. The summed E-state index contributed by atoms with van der Waals surface area (Å²) in [6.07, 6.45) is 0. The largest absolute Gasteiger partial charge is 0.353 e. The number of aromatic amines is 2. The molecule has 0 saturated heterocycles. The Balaban J connectivity index is 1.64. The molecule has 2 N–H and O–H groups in total. The average molecular weight is 507 g/mol. The molecule has 4 aromatic carbocycles. The van der Waals surface area contributed by atoms with Gasteiger partial charge >= 0.3 is 0 Å². The van der Waals surface area contributed by atoms with Crippen LogP contribution in [0.15, 0.2) is 84.9 Å². The first-order valence-corrected chi connectivity index (χ1v) is 14.5. The Hall–Kier alpha value is -3.32. The van der Waals surface area contributed by atoms with Crippen molar-refractivity contribution < 1.29 is 0 Å². The predicted octanol–water partition coefficient (Wildman–Crippen LogP) is 8.80. The number of nitrogens with one attached hydrogen (secondary N) is 2. The number of aryl methyl sites for hydroxylation is 4. The van der Waals surface area contributed by atoms with Gasteiger partial charge in [0.05, 0.1) is 18.1 Å². The van der Waals surface area contributed by atoms with E-state index < -0.39 is 7.27 Å². The molecule has 36 heavy (non-hydrogen) atoms. The Morgan fingerprint density at radius 3 is 1.28 bits per heavy atom. The lowest BCUT2D eigenvalue weighted by Crippen LogP contribution is -2.14. The summed E-state index contributed by atoms with van der Waals surface area (Å²) in [6, 6.07) is 30.5. The molecule has 6 rings (SSSR count). The molecule has 6 aromatic rings. The summed E-state index contributed by atoms with van der Waals surface area (Å²) in [7, 11) is -1.23. The number of halogens is 1. The lowest BCUT2D eigenvalue weighted by Gasteiger charge is -2.15. The fourth-order valence-electron chi connectivity index (χ4n) is 5.48. The molecule has 0 radical (unpaired) electrons. The van der Waals surface area contributed by atoms with Crippen LogP contribution in [0.2, 0.25) is 0 Å². The first kappa shape index (κ1) is 23.1. The second kappa shape index (κ2) is 8.96. The van der Waals surface area contributed by atoms with Crippen LogP contribution in [-0.2, 0) is 0 Å². The number of fused-ring (bicyclic) bond motifs is 2. The number of hydrogen-bond acceptors (Lipinski definition) is 0. The van der Waals surface area contributed by atoms with E-state index in [1.165, 1.54) is 55.3 Å². The van der Waals surface area contributed by atoms with Gasteiger partial charge in [-0.3, -0.25) is 0 Å². The van der Waals surface area contributed by atoms with Crippen LogP contribution < -0.4 is 10.9 Å². The van der Waals surface area contributed by atoms with Crippen molar-refractivity contribution in [2.24, 2.45) is 0 Å². The smallest absolute Gasteiger partial charge is 0.0877 e. The Bertz CT molecular complexity index is 1590. The Kier molecular flexibility index (Phi) is 5.75. The van der Waals surface area contributed by atoms with E-state index in [0.717, 1.165) is 21.9 Å². The molecular formula is C32H28ClN2P. The Morgan fingerprint density at radius 1 is 0.528 bits per heavy atom. The third-order valence-corrected chi connectivity index (χ3v) is 9.26. The lowest BCUT2D eigenvalue weighted by molar-refractivity contribution is 1.39. The number of hydrogen-bond donors (Lipinski definition) is 2. The van der Waals surface area contributed by atoms with Crippen molar-refractivity contribution in [1.29, 1.82) is 0 Å². The van der Waals surface area contributed by atoms with E-state index in [1.54, 1.807) is 0 Å². The maximum absolute atomic E-state index is 7.55. The average Bonchev–Trinajstić information content (AvgIpc) is 3.41. The number of H-pyrrole nitrogens is 2. The van der Waals surface area contributed by atoms with Gasteiger partial charge in [0.15, 0.2) is 0 Å². The molecule has 0 aliphatic rings. The van der Waals surface area contributed by atoms with Gasteiger partial charge in [0.1, 0.15) is 0 Å². The molecule has 0 aliphatic heterocycles. The minimum atomic E-state index is -1.23. The van der Waals surface area contributed by atoms with Gasteiger partial charge in [-0.15, -0.1) is 0 Å². The second-order valence-electron chi connectivity index (χ2n) is 9.82. The first-order chi connectivity index (χ1) is 17.4. The first-order valence-electron chi connectivity index (χ1n) is 12.2. The quantitative estimate of drug-likeness (QED) is 0.224. The molecule has 0 aliphatic carbocycles. The molecule has 0 bridgehead atoms. The number of rotatable bonds is 4. The molecule has 0 unspecified atom stereocenters. The van der Waals surface area contributed by atoms with Crippen molar-refractivity contribution in [3.05, 3.63) is 107 Å². The van der Waals surface area contributed by atoms with Crippen LogP contribution in [0.25, 0.3) is 44.1 Å². The predicted molar refractivity (Wildman–Crippen MR) is 158 cm³/mol. The van der Waals surface area contributed by atoms with Gasteiger partial charge in [0.25, 0.3) is 0 Å². The van der Waals surface area contributed by atoms with E-state index in [9.17, 15) is 0 Å². The summed E-state index contributed by atoms with van der Waals surface area (Å²) in [5.74, 6) is 0. The molecule has 178 valence electrons. The van der Waals surface area contributed by atoms with Crippen molar-refractivity contribution in [3.63, 3.8) is 0 Å². The van der Waals surface area contributed by atoms with Gasteiger partial charge in [-0.05, 0) is 51.0 Å². The molecule has 2 heterocycles. The Labute approximate surface area is 217 Å². The van der Waals surface area contributed by atoms with E-state index >= 15 is 0 Å². The van der Waals surface area contributed by atoms with Gasteiger partial charge in [0.2, 0.25) is 0 Å². The second-order valence-corrected chi connectivity index (χ2v) is 12.3. The van der Waals surface area contributed by atoms with E-state index in [4.69, 9.17) is 11.2 Å². The zero-order chi connectivity index (χ0) is 25.0. The van der Waals surface area contributed by atoms with Gasteiger partial charge in [-0.2, -0.15) is 0 Å². The fourth-order valence-corrected chi connectivity index (χ4v) is 7.80. The van der Waals surface area contributed by atoms with Gasteiger partial charge in [-0.25, -0.2) is 0 Å². The highest BCUT2D eigenvalue weighted by Crippen LogP contribution is 2.48. The topological polar surface area (TPSA) is 31.6 Å². The zero-order valence-electron chi connectivity index (χ0n) is 20.9. The summed E-state index contributed by atoms with van der Waals surface area (Å²) in [4.78, 5) is 7.45. The van der Waals surface area contributed by atoms with Crippen LogP contribution in [0, 0.1) is 27.7 Å². The maximum atomic E-state index is 7.55. The van der Waals surface area contributed by atoms with Crippen LogP contribution >= 0.6 is 18.5 Å². The summed E-state index contributed by atoms with van der Waals surface area (Å²) in [6.45, 7) is 8.63. The minimum Gasteiger partial charge on any atom is -0.353 e. The number of para-hydroxylation sites is 2. The number of benzene rings is 4. The maximum Gasteiger partial charge on any atom is 0.0877 e. The normalized spacial score (nSPS) is 11.7. The summed E-state index contributed by atoms with van der Waals surface area (Å²) >= 11 is 7.55. The molecule has 0 fully saturated rings. The zero-order valence-corrected chi connectivity index (χ0v) is 22.6. The highest BCUT2D eigenvalue weighted by molar-refractivity contribution is 7.95. The lowest BCUT2D eigenvalue weighted by atomic mass is 10.0. The minimum absolute atomic E-state index is 1.08. The van der Waals surface area contributed by atoms with Crippen molar-refractivity contribution >= 4 is 51.2 Å². The molecule has 0 spiro atoms.